The highest BCUT2D eigenvalue weighted by Crippen LogP contribution is 2.28. The van der Waals surface area contributed by atoms with Crippen LogP contribution in [0.4, 0.5) is 0 Å². The number of hydrogen-bond donors (Lipinski definition) is 3. The lowest BCUT2D eigenvalue weighted by Gasteiger charge is -2.22. The van der Waals surface area contributed by atoms with E-state index < -0.39 is 5.60 Å². The van der Waals surface area contributed by atoms with Gasteiger partial charge in [0.05, 0.1) is 5.60 Å². The molecular weight excluding hydrogens is 220 g/mol. The highest BCUT2D eigenvalue weighted by atomic mass is 16.3. The van der Waals surface area contributed by atoms with Gasteiger partial charge in [-0.3, -0.25) is 9.59 Å². The van der Waals surface area contributed by atoms with Gasteiger partial charge >= 0.3 is 0 Å². The summed E-state index contributed by atoms with van der Waals surface area (Å²) in [5.74, 6) is -0.323. The van der Waals surface area contributed by atoms with Gasteiger partial charge in [-0.1, -0.05) is 12.8 Å². The van der Waals surface area contributed by atoms with Gasteiger partial charge in [-0.05, 0) is 18.9 Å². The van der Waals surface area contributed by atoms with Crippen molar-refractivity contribution in [2.75, 3.05) is 6.54 Å². The summed E-state index contributed by atoms with van der Waals surface area (Å²) in [5, 5.41) is 12.7. The summed E-state index contributed by atoms with van der Waals surface area (Å²) in [5.41, 5.74) is -0.760. The molecule has 2 rings (SSSR count). The second-order valence-corrected chi connectivity index (χ2v) is 4.56. The fourth-order valence-corrected chi connectivity index (χ4v) is 2.14. The first-order valence-electron chi connectivity index (χ1n) is 5.78. The molecule has 1 fully saturated rings. The van der Waals surface area contributed by atoms with E-state index in [-0.39, 0.29) is 18.0 Å². The maximum absolute atomic E-state index is 11.7. The minimum Gasteiger partial charge on any atom is -0.388 e. The van der Waals surface area contributed by atoms with Gasteiger partial charge in [0, 0.05) is 24.4 Å². The average molecular weight is 236 g/mol. The second kappa shape index (κ2) is 4.71. The molecule has 0 aromatic carbocycles. The Morgan fingerprint density at radius 3 is 2.82 bits per heavy atom. The Morgan fingerprint density at radius 1 is 1.47 bits per heavy atom. The van der Waals surface area contributed by atoms with Crippen LogP contribution in [0.2, 0.25) is 0 Å². The maximum atomic E-state index is 11.7. The van der Waals surface area contributed by atoms with E-state index in [0.717, 1.165) is 25.7 Å². The zero-order valence-corrected chi connectivity index (χ0v) is 9.53. The topological polar surface area (TPSA) is 82.2 Å². The van der Waals surface area contributed by atoms with Crippen molar-refractivity contribution in [2.24, 2.45) is 0 Å². The van der Waals surface area contributed by atoms with Gasteiger partial charge in [-0.25, -0.2) is 0 Å². The van der Waals surface area contributed by atoms with Crippen molar-refractivity contribution in [2.45, 2.75) is 31.3 Å². The Balaban J connectivity index is 1.95. The fourth-order valence-electron chi connectivity index (χ4n) is 2.14. The van der Waals surface area contributed by atoms with Crippen LogP contribution in [0.5, 0.6) is 0 Å². The lowest BCUT2D eigenvalue weighted by atomic mass is 10.0. The summed E-state index contributed by atoms with van der Waals surface area (Å²) in [7, 11) is 0. The third-order valence-corrected chi connectivity index (χ3v) is 3.15. The molecule has 0 bridgehead atoms. The molecule has 3 N–H and O–H groups in total. The maximum Gasteiger partial charge on any atom is 0.251 e. The molecule has 1 aromatic heterocycles. The molecule has 1 aliphatic carbocycles. The quantitative estimate of drug-likeness (QED) is 0.711. The Bertz CT molecular complexity index is 461. The van der Waals surface area contributed by atoms with Crippen molar-refractivity contribution in [3.05, 3.63) is 34.2 Å². The monoisotopic (exact) mass is 236 g/mol. The predicted molar refractivity (Wildman–Crippen MR) is 62.8 cm³/mol. The molecule has 1 aromatic rings. The average Bonchev–Trinajstić information content (AvgIpc) is 2.74. The van der Waals surface area contributed by atoms with Crippen molar-refractivity contribution in [3.8, 4) is 0 Å². The van der Waals surface area contributed by atoms with Crippen LogP contribution in [0.1, 0.15) is 36.0 Å². The summed E-state index contributed by atoms with van der Waals surface area (Å²) < 4.78 is 0. The zero-order valence-electron chi connectivity index (χ0n) is 9.53. The molecule has 1 aliphatic rings. The van der Waals surface area contributed by atoms with Crippen LogP contribution in [-0.4, -0.2) is 28.1 Å². The molecule has 0 radical (unpaired) electrons. The molecule has 0 aliphatic heterocycles. The minimum atomic E-state index is -0.767. The lowest BCUT2D eigenvalue weighted by Crippen LogP contribution is -2.40. The van der Waals surface area contributed by atoms with Crippen LogP contribution >= 0.6 is 0 Å². The van der Waals surface area contributed by atoms with Gasteiger partial charge in [-0.15, -0.1) is 0 Å². The number of aliphatic hydroxyl groups is 1. The molecule has 0 unspecified atom stereocenters. The minimum absolute atomic E-state index is 0.249. The number of amides is 1. The number of aromatic nitrogens is 1. The SMILES string of the molecule is O=C(NCC1(O)CCCC1)c1cc[nH]c(=O)c1. The van der Waals surface area contributed by atoms with Gasteiger partial charge < -0.3 is 15.4 Å². The van der Waals surface area contributed by atoms with Gasteiger partial charge in [0.25, 0.3) is 5.91 Å². The molecule has 1 saturated carbocycles. The van der Waals surface area contributed by atoms with Gasteiger partial charge in [0.1, 0.15) is 0 Å². The molecular formula is C12H16N2O3. The first-order chi connectivity index (χ1) is 8.09. The van der Waals surface area contributed by atoms with Crippen LogP contribution in [0.15, 0.2) is 23.1 Å². The van der Waals surface area contributed by atoms with Crippen LogP contribution < -0.4 is 10.9 Å². The summed E-state index contributed by atoms with van der Waals surface area (Å²) in [4.78, 5) is 25.2. The van der Waals surface area contributed by atoms with Gasteiger partial charge in [0.15, 0.2) is 0 Å². The van der Waals surface area contributed by atoms with E-state index in [9.17, 15) is 14.7 Å². The van der Waals surface area contributed by atoms with Crippen molar-refractivity contribution >= 4 is 5.91 Å². The van der Waals surface area contributed by atoms with Crippen molar-refractivity contribution in [1.29, 1.82) is 0 Å². The molecule has 5 heteroatoms. The Morgan fingerprint density at radius 2 is 2.18 bits per heavy atom. The Hall–Kier alpha value is -1.62. The fraction of sp³-hybridized carbons (Fsp3) is 0.500. The van der Waals surface area contributed by atoms with E-state index in [1.165, 1.54) is 18.3 Å². The van der Waals surface area contributed by atoms with Crippen LogP contribution in [0.25, 0.3) is 0 Å². The standard InChI is InChI=1S/C12H16N2O3/c15-10-7-9(3-6-13-10)11(16)14-8-12(17)4-1-2-5-12/h3,6-7,17H,1-2,4-5,8H2,(H,13,15)(H,14,16). The number of aromatic amines is 1. The molecule has 0 atom stereocenters. The zero-order chi connectivity index (χ0) is 12.3. The molecule has 1 amide bonds. The van der Waals surface area contributed by atoms with Crippen molar-refractivity contribution in [3.63, 3.8) is 0 Å². The number of pyridine rings is 1. The molecule has 0 spiro atoms. The molecule has 0 saturated heterocycles. The van der Waals surface area contributed by atoms with E-state index in [4.69, 9.17) is 0 Å². The van der Waals surface area contributed by atoms with Gasteiger partial charge in [-0.2, -0.15) is 0 Å². The predicted octanol–water partition coefficient (Wildman–Crippen LogP) is 0.410. The van der Waals surface area contributed by atoms with Crippen LogP contribution in [-0.2, 0) is 0 Å². The summed E-state index contributed by atoms with van der Waals surface area (Å²) >= 11 is 0. The smallest absolute Gasteiger partial charge is 0.251 e. The Labute approximate surface area is 98.9 Å². The van der Waals surface area contributed by atoms with Crippen LogP contribution in [0.3, 0.4) is 0 Å². The third kappa shape index (κ3) is 2.94. The highest BCUT2D eigenvalue weighted by molar-refractivity contribution is 5.93. The number of H-pyrrole nitrogens is 1. The van der Waals surface area contributed by atoms with Crippen molar-refractivity contribution in [1.82, 2.24) is 10.3 Å². The van der Waals surface area contributed by atoms with Gasteiger partial charge in [0.2, 0.25) is 5.56 Å². The lowest BCUT2D eigenvalue weighted by molar-refractivity contribution is 0.0449. The molecule has 17 heavy (non-hydrogen) atoms. The van der Waals surface area contributed by atoms with Crippen LogP contribution in [0, 0.1) is 0 Å². The van der Waals surface area contributed by atoms with E-state index in [0.29, 0.717) is 5.56 Å². The Kier molecular flexibility index (Phi) is 3.28. The second-order valence-electron chi connectivity index (χ2n) is 4.56. The molecule has 92 valence electrons. The largest absolute Gasteiger partial charge is 0.388 e. The van der Waals surface area contributed by atoms with E-state index in [1.807, 2.05) is 0 Å². The highest BCUT2D eigenvalue weighted by Gasteiger charge is 2.31. The number of rotatable bonds is 3. The summed E-state index contributed by atoms with van der Waals surface area (Å²) in [6.07, 6.45) is 4.88. The normalized spacial score (nSPS) is 17.9. The number of nitrogens with one attached hydrogen (secondary N) is 2. The summed E-state index contributed by atoms with van der Waals surface area (Å²) in [6.45, 7) is 0.249. The number of carbonyl (C=O) groups is 1. The third-order valence-electron chi connectivity index (χ3n) is 3.15. The van der Waals surface area contributed by atoms with E-state index in [1.54, 1.807) is 0 Å². The number of carbonyl (C=O) groups excluding carboxylic acids is 1. The first kappa shape index (κ1) is 11.9. The molecule has 1 heterocycles. The number of hydrogen-bond acceptors (Lipinski definition) is 3. The summed E-state index contributed by atoms with van der Waals surface area (Å²) in [6, 6.07) is 2.78. The first-order valence-corrected chi connectivity index (χ1v) is 5.78. The molecule has 5 nitrogen and oxygen atoms in total. The van der Waals surface area contributed by atoms with Crippen molar-refractivity contribution < 1.29 is 9.90 Å². The van der Waals surface area contributed by atoms with E-state index in [2.05, 4.69) is 10.3 Å². The van der Waals surface area contributed by atoms with E-state index >= 15 is 0 Å².